The highest BCUT2D eigenvalue weighted by atomic mass is 16.5. The molecule has 0 heterocycles. The van der Waals surface area contributed by atoms with Crippen LogP contribution in [0.4, 0.5) is 0 Å². The fraction of sp³-hybridized carbons (Fsp3) is 0.800. The molecule has 2 N–H and O–H groups in total. The first-order valence-corrected chi connectivity index (χ1v) is 7.61. The van der Waals surface area contributed by atoms with Crippen LogP contribution in [0.1, 0.15) is 58.3 Å². The van der Waals surface area contributed by atoms with Crippen LogP contribution in [0.2, 0.25) is 0 Å². The van der Waals surface area contributed by atoms with Crippen LogP contribution in [0, 0.1) is 5.41 Å². The van der Waals surface area contributed by atoms with E-state index in [1.165, 1.54) is 0 Å². The van der Waals surface area contributed by atoms with Crippen molar-refractivity contribution in [3.63, 3.8) is 0 Å². The van der Waals surface area contributed by atoms with E-state index in [1.54, 1.807) is 6.92 Å². The summed E-state index contributed by atoms with van der Waals surface area (Å²) in [6.07, 6.45) is 5.03. The zero-order chi connectivity index (χ0) is 15.7. The Balaban J connectivity index is 2.41. The van der Waals surface area contributed by atoms with Gasteiger partial charge in [0.05, 0.1) is 19.4 Å². The number of carbonyl (C=O) groups is 3. The van der Waals surface area contributed by atoms with Gasteiger partial charge in [-0.05, 0) is 25.2 Å². The molecule has 0 atom stereocenters. The van der Waals surface area contributed by atoms with Gasteiger partial charge in [0.1, 0.15) is 0 Å². The highest BCUT2D eigenvalue weighted by molar-refractivity contribution is 5.79. The Morgan fingerprint density at radius 1 is 1.14 bits per heavy atom. The van der Waals surface area contributed by atoms with Gasteiger partial charge in [-0.3, -0.25) is 14.4 Å². The molecule has 0 aromatic carbocycles. The lowest BCUT2D eigenvalue weighted by molar-refractivity contribution is -0.143. The summed E-state index contributed by atoms with van der Waals surface area (Å²) in [5.41, 5.74) is -0.419. The largest absolute Gasteiger partial charge is 0.481 e. The summed E-state index contributed by atoms with van der Waals surface area (Å²) >= 11 is 0. The number of rotatable bonds is 8. The SMILES string of the molecule is CCOC(=O)CCNC(=O)CC1(CC(=O)O)CCCCC1. The van der Waals surface area contributed by atoms with Crippen LogP contribution in [-0.4, -0.2) is 36.1 Å². The van der Waals surface area contributed by atoms with E-state index in [2.05, 4.69) is 5.32 Å². The maximum absolute atomic E-state index is 12.0. The number of hydrogen-bond acceptors (Lipinski definition) is 4. The first-order valence-electron chi connectivity index (χ1n) is 7.61. The Morgan fingerprint density at radius 2 is 1.81 bits per heavy atom. The van der Waals surface area contributed by atoms with E-state index in [0.29, 0.717) is 6.61 Å². The predicted molar refractivity (Wildman–Crippen MR) is 76.6 cm³/mol. The van der Waals surface area contributed by atoms with E-state index >= 15 is 0 Å². The second-order valence-electron chi connectivity index (χ2n) is 5.71. The van der Waals surface area contributed by atoms with E-state index in [0.717, 1.165) is 32.1 Å². The second kappa shape index (κ2) is 8.64. The van der Waals surface area contributed by atoms with Crippen molar-refractivity contribution in [2.24, 2.45) is 5.41 Å². The molecule has 1 aliphatic carbocycles. The average Bonchev–Trinajstić information content (AvgIpc) is 2.38. The smallest absolute Gasteiger partial charge is 0.307 e. The van der Waals surface area contributed by atoms with E-state index in [4.69, 9.17) is 9.84 Å². The molecule has 6 nitrogen and oxygen atoms in total. The third kappa shape index (κ3) is 6.60. The van der Waals surface area contributed by atoms with E-state index < -0.39 is 11.4 Å². The molecule has 1 saturated carbocycles. The molecule has 0 saturated heterocycles. The zero-order valence-corrected chi connectivity index (χ0v) is 12.7. The Labute approximate surface area is 125 Å². The maximum Gasteiger partial charge on any atom is 0.307 e. The number of carbonyl (C=O) groups excluding carboxylic acids is 2. The molecule has 1 rings (SSSR count). The van der Waals surface area contributed by atoms with Gasteiger partial charge < -0.3 is 15.2 Å². The lowest BCUT2D eigenvalue weighted by Crippen LogP contribution is -2.36. The number of nitrogens with one attached hydrogen (secondary N) is 1. The Bertz CT molecular complexity index is 374. The number of ether oxygens (including phenoxy) is 1. The molecule has 1 fully saturated rings. The third-order valence-electron chi connectivity index (χ3n) is 3.93. The summed E-state index contributed by atoms with van der Waals surface area (Å²) in [6, 6.07) is 0. The van der Waals surface area contributed by atoms with Crippen LogP contribution in [-0.2, 0) is 19.1 Å². The van der Waals surface area contributed by atoms with Crippen molar-refractivity contribution in [1.82, 2.24) is 5.32 Å². The molecule has 21 heavy (non-hydrogen) atoms. The Hall–Kier alpha value is -1.59. The molecule has 1 aliphatic rings. The van der Waals surface area contributed by atoms with Gasteiger partial charge in [-0.2, -0.15) is 0 Å². The number of carboxylic acid groups (broad SMARTS) is 1. The van der Waals surface area contributed by atoms with Crippen molar-refractivity contribution in [2.45, 2.75) is 58.3 Å². The first-order chi connectivity index (χ1) is 9.97. The summed E-state index contributed by atoms with van der Waals surface area (Å²) in [7, 11) is 0. The van der Waals surface area contributed by atoms with Gasteiger partial charge in [0, 0.05) is 13.0 Å². The quantitative estimate of drug-likeness (QED) is 0.667. The number of amides is 1. The summed E-state index contributed by atoms with van der Waals surface area (Å²) in [5, 5.41) is 11.7. The zero-order valence-electron chi connectivity index (χ0n) is 12.7. The molecule has 0 aromatic heterocycles. The van der Waals surface area contributed by atoms with Gasteiger partial charge in [-0.25, -0.2) is 0 Å². The van der Waals surface area contributed by atoms with Crippen LogP contribution in [0.5, 0.6) is 0 Å². The van der Waals surface area contributed by atoms with Crippen LogP contribution in [0.3, 0.4) is 0 Å². The van der Waals surface area contributed by atoms with Crippen LogP contribution in [0.15, 0.2) is 0 Å². The van der Waals surface area contributed by atoms with Gasteiger partial charge in [-0.1, -0.05) is 19.3 Å². The number of esters is 1. The fourth-order valence-corrected chi connectivity index (χ4v) is 2.98. The molecule has 120 valence electrons. The molecular weight excluding hydrogens is 274 g/mol. The Kier molecular flexibility index (Phi) is 7.19. The molecular formula is C15H25NO5. The number of hydrogen-bond donors (Lipinski definition) is 2. The Morgan fingerprint density at radius 3 is 2.38 bits per heavy atom. The fourth-order valence-electron chi connectivity index (χ4n) is 2.98. The molecule has 6 heteroatoms. The van der Waals surface area contributed by atoms with Crippen molar-refractivity contribution >= 4 is 17.8 Å². The van der Waals surface area contributed by atoms with Crippen LogP contribution in [0.25, 0.3) is 0 Å². The third-order valence-corrected chi connectivity index (χ3v) is 3.93. The average molecular weight is 299 g/mol. The normalized spacial score (nSPS) is 17.0. The molecule has 1 amide bonds. The topological polar surface area (TPSA) is 92.7 Å². The van der Waals surface area contributed by atoms with E-state index in [1.807, 2.05) is 0 Å². The summed E-state index contributed by atoms with van der Waals surface area (Å²) < 4.78 is 4.78. The lowest BCUT2D eigenvalue weighted by Gasteiger charge is -2.35. The van der Waals surface area contributed by atoms with Gasteiger partial charge in [0.25, 0.3) is 0 Å². The molecule has 0 unspecified atom stereocenters. The van der Waals surface area contributed by atoms with Crippen LogP contribution < -0.4 is 5.32 Å². The summed E-state index contributed by atoms with van der Waals surface area (Å²) in [6.45, 7) is 2.30. The minimum Gasteiger partial charge on any atom is -0.481 e. The van der Waals surface area contributed by atoms with Crippen molar-refractivity contribution in [1.29, 1.82) is 0 Å². The van der Waals surface area contributed by atoms with Crippen molar-refractivity contribution < 1.29 is 24.2 Å². The van der Waals surface area contributed by atoms with Gasteiger partial charge in [-0.15, -0.1) is 0 Å². The second-order valence-corrected chi connectivity index (χ2v) is 5.71. The highest BCUT2D eigenvalue weighted by Crippen LogP contribution is 2.42. The van der Waals surface area contributed by atoms with Gasteiger partial charge in [0.2, 0.25) is 5.91 Å². The predicted octanol–water partition coefficient (Wildman–Crippen LogP) is 1.87. The van der Waals surface area contributed by atoms with E-state index in [-0.39, 0.29) is 37.7 Å². The summed E-state index contributed by atoms with van der Waals surface area (Å²) in [4.78, 5) is 34.2. The maximum atomic E-state index is 12.0. The highest BCUT2D eigenvalue weighted by Gasteiger charge is 2.36. The molecule has 0 spiro atoms. The minimum absolute atomic E-state index is 0.0400. The standard InChI is InChI=1S/C15H25NO5/c1-2-21-14(20)6-9-16-12(17)10-15(11-13(18)19)7-4-3-5-8-15/h2-11H2,1H3,(H,16,17)(H,18,19). The molecule has 0 aromatic rings. The van der Waals surface area contributed by atoms with Crippen LogP contribution >= 0.6 is 0 Å². The lowest BCUT2D eigenvalue weighted by atomic mass is 9.69. The molecule has 0 aliphatic heterocycles. The summed E-state index contributed by atoms with van der Waals surface area (Å²) in [5.74, 6) is -1.37. The number of aliphatic carboxylic acids is 1. The van der Waals surface area contributed by atoms with Gasteiger partial charge in [0.15, 0.2) is 0 Å². The monoisotopic (exact) mass is 299 g/mol. The van der Waals surface area contributed by atoms with Crippen molar-refractivity contribution in [3.05, 3.63) is 0 Å². The molecule has 0 radical (unpaired) electrons. The van der Waals surface area contributed by atoms with Crippen molar-refractivity contribution in [2.75, 3.05) is 13.2 Å². The van der Waals surface area contributed by atoms with E-state index in [9.17, 15) is 14.4 Å². The first kappa shape index (κ1) is 17.5. The minimum atomic E-state index is -0.851. The van der Waals surface area contributed by atoms with Gasteiger partial charge >= 0.3 is 11.9 Å². The van der Waals surface area contributed by atoms with Crippen molar-refractivity contribution in [3.8, 4) is 0 Å². The molecule has 0 bridgehead atoms. The number of carboxylic acids is 1.